The number of nitrogens with one attached hydrogen (secondary N) is 1. The molecule has 2 aliphatic heterocycles. The van der Waals surface area contributed by atoms with Crippen molar-refractivity contribution in [3.8, 4) is 11.5 Å². The molecule has 2 aliphatic rings. The van der Waals surface area contributed by atoms with Crippen molar-refractivity contribution in [2.24, 2.45) is 0 Å². The smallest absolute Gasteiger partial charge is 0.231 e. The zero-order chi connectivity index (χ0) is 12.4. The number of benzene rings is 1. The average Bonchev–Trinajstić information content (AvgIpc) is 2.86. The van der Waals surface area contributed by atoms with Crippen LogP contribution in [0.3, 0.4) is 0 Å². The molecule has 0 spiro atoms. The van der Waals surface area contributed by atoms with Crippen LogP contribution >= 0.6 is 15.9 Å². The van der Waals surface area contributed by atoms with Gasteiger partial charge < -0.3 is 14.2 Å². The Bertz CT molecular complexity index is 436. The highest BCUT2D eigenvalue weighted by Gasteiger charge is 2.18. The molecule has 0 radical (unpaired) electrons. The van der Waals surface area contributed by atoms with Crippen molar-refractivity contribution in [2.45, 2.75) is 6.54 Å². The summed E-state index contributed by atoms with van der Waals surface area (Å²) in [7, 11) is 0. The Morgan fingerprint density at radius 1 is 1.22 bits per heavy atom. The topological polar surface area (TPSA) is 43.0 Å². The third-order valence-electron chi connectivity index (χ3n) is 3.00. The van der Waals surface area contributed by atoms with Crippen molar-refractivity contribution >= 4 is 15.9 Å². The molecule has 1 aromatic rings. The largest absolute Gasteiger partial charge is 0.454 e. The summed E-state index contributed by atoms with van der Waals surface area (Å²) in [5.74, 6) is 1.60. The lowest BCUT2D eigenvalue weighted by molar-refractivity contribution is 0.0105. The van der Waals surface area contributed by atoms with Gasteiger partial charge in [-0.25, -0.2) is 5.01 Å². The normalized spacial score (nSPS) is 19.2. The summed E-state index contributed by atoms with van der Waals surface area (Å²) in [5, 5.41) is 2.18. The number of halogens is 1. The van der Waals surface area contributed by atoms with Crippen LogP contribution in [-0.4, -0.2) is 38.1 Å². The number of ether oxygens (including phenoxy) is 3. The van der Waals surface area contributed by atoms with Gasteiger partial charge in [-0.2, -0.15) is 0 Å². The first-order valence-corrected chi connectivity index (χ1v) is 6.76. The van der Waals surface area contributed by atoms with Gasteiger partial charge in [-0.1, -0.05) is 0 Å². The molecule has 0 saturated carbocycles. The van der Waals surface area contributed by atoms with E-state index < -0.39 is 0 Å². The van der Waals surface area contributed by atoms with Crippen LogP contribution in [0, 0.1) is 0 Å². The Balaban J connectivity index is 1.64. The fourth-order valence-corrected chi connectivity index (χ4v) is 2.65. The summed E-state index contributed by atoms with van der Waals surface area (Å²) >= 11 is 3.50. The second-order valence-corrected chi connectivity index (χ2v) is 5.10. The van der Waals surface area contributed by atoms with Crippen molar-refractivity contribution in [1.82, 2.24) is 10.4 Å². The molecule has 0 aromatic heterocycles. The number of morpholine rings is 1. The molecule has 0 aliphatic carbocycles. The zero-order valence-electron chi connectivity index (χ0n) is 9.95. The lowest BCUT2D eigenvalue weighted by Crippen LogP contribution is -2.45. The molecule has 0 unspecified atom stereocenters. The minimum atomic E-state index is 0.300. The molecule has 0 bridgehead atoms. The monoisotopic (exact) mass is 314 g/mol. The molecule has 3 rings (SSSR count). The van der Waals surface area contributed by atoms with Crippen molar-refractivity contribution in [3.05, 3.63) is 22.2 Å². The molecule has 1 aromatic carbocycles. The van der Waals surface area contributed by atoms with Gasteiger partial charge in [-0.15, -0.1) is 0 Å². The lowest BCUT2D eigenvalue weighted by atomic mass is 10.2. The number of hydrazine groups is 1. The second-order valence-electron chi connectivity index (χ2n) is 4.25. The third-order valence-corrected chi connectivity index (χ3v) is 3.59. The summed E-state index contributed by atoms with van der Waals surface area (Å²) in [6, 6.07) is 4.07. The quantitative estimate of drug-likeness (QED) is 0.916. The number of nitrogens with zero attached hydrogens (tertiary/aromatic N) is 1. The van der Waals surface area contributed by atoms with E-state index >= 15 is 0 Å². The SMILES string of the molecule is Brc1cc(CNN2CCOCC2)cc2c1OCO2. The highest BCUT2D eigenvalue weighted by atomic mass is 79.9. The van der Waals surface area contributed by atoms with Crippen LogP contribution in [0.15, 0.2) is 16.6 Å². The molecular weight excluding hydrogens is 300 g/mol. The minimum absolute atomic E-state index is 0.300. The highest BCUT2D eigenvalue weighted by molar-refractivity contribution is 9.10. The van der Waals surface area contributed by atoms with Crippen molar-refractivity contribution in [1.29, 1.82) is 0 Å². The van der Waals surface area contributed by atoms with Crippen LogP contribution in [0.25, 0.3) is 0 Å². The van der Waals surface area contributed by atoms with Gasteiger partial charge in [0.2, 0.25) is 6.79 Å². The van der Waals surface area contributed by atoms with Gasteiger partial charge in [-0.3, -0.25) is 5.43 Å². The molecule has 18 heavy (non-hydrogen) atoms. The second kappa shape index (κ2) is 5.44. The molecule has 1 fully saturated rings. The third kappa shape index (κ3) is 2.61. The standard InChI is InChI=1S/C12H15BrN2O3/c13-10-5-9(6-11-12(10)18-8-17-11)7-14-15-1-3-16-4-2-15/h5-6,14H,1-4,7-8H2. The molecule has 6 heteroatoms. The zero-order valence-corrected chi connectivity index (χ0v) is 11.5. The molecule has 0 amide bonds. The molecular formula is C12H15BrN2O3. The number of rotatable bonds is 3. The van der Waals surface area contributed by atoms with E-state index in [-0.39, 0.29) is 0 Å². The van der Waals surface area contributed by atoms with Gasteiger partial charge >= 0.3 is 0 Å². The predicted octanol–water partition coefficient (Wildman–Crippen LogP) is 1.51. The lowest BCUT2D eigenvalue weighted by Gasteiger charge is -2.27. The van der Waals surface area contributed by atoms with E-state index in [1.807, 2.05) is 6.07 Å². The van der Waals surface area contributed by atoms with E-state index in [1.54, 1.807) is 0 Å². The van der Waals surface area contributed by atoms with Gasteiger partial charge in [-0.05, 0) is 33.6 Å². The van der Waals surface area contributed by atoms with Gasteiger partial charge in [0.05, 0.1) is 17.7 Å². The molecule has 98 valence electrons. The van der Waals surface area contributed by atoms with E-state index in [9.17, 15) is 0 Å². The summed E-state index contributed by atoms with van der Waals surface area (Å²) in [6.45, 7) is 4.50. The van der Waals surface area contributed by atoms with Crippen LogP contribution in [0.4, 0.5) is 0 Å². The molecule has 1 saturated heterocycles. The van der Waals surface area contributed by atoms with Gasteiger partial charge in [0, 0.05) is 19.6 Å². The number of hydrogen-bond acceptors (Lipinski definition) is 5. The van der Waals surface area contributed by atoms with Crippen molar-refractivity contribution < 1.29 is 14.2 Å². The van der Waals surface area contributed by atoms with E-state index in [2.05, 4.69) is 32.4 Å². The van der Waals surface area contributed by atoms with E-state index in [1.165, 1.54) is 0 Å². The predicted molar refractivity (Wildman–Crippen MR) is 69.5 cm³/mol. The first-order chi connectivity index (χ1) is 8.83. The van der Waals surface area contributed by atoms with Gasteiger partial charge in [0.15, 0.2) is 11.5 Å². The maximum atomic E-state index is 5.40. The van der Waals surface area contributed by atoms with E-state index in [0.717, 1.165) is 54.4 Å². The van der Waals surface area contributed by atoms with Crippen molar-refractivity contribution in [2.75, 3.05) is 33.1 Å². The summed E-state index contributed by atoms with van der Waals surface area (Å²) in [6.07, 6.45) is 0. The fourth-order valence-electron chi connectivity index (χ4n) is 2.05. The Hall–Kier alpha value is -0.820. The highest BCUT2D eigenvalue weighted by Crippen LogP contribution is 2.39. The minimum Gasteiger partial charge on any atom is -0.454 e. The van der Waals surface area contributed by atoms with Crippen LogP contribution in [0.2, 0.25) is 0 Å². The van der Waals surface area contributed by atoms with Crippen LogP contribution in [0.1, 0.15) is 5.56 Å². The first-order valence-electron chi connectivity index (χ1n) is 5.97. The maximum absolute atomic E-state index is 5.40. The summed E-state index contributed by atoms with van der Waals surface area (Å²) in [4.78, 5) is 0. The van der Waals surface area contributed by atoms with Crippen LogP contribution in [0.5, 0.6) is 11.5 Å². The Morgan fingerprint density at radius 2 is 2.06 bits per heavy atom. The molecule has 1 N–H and O–H groups in total. The number of fused-ring (bicyclic) bond motifs is 1. The fraction of sp³-hybridized carbons (Fsp3) is 0.500. The van der Waals surface area contributed by atoms with Gasteiger partial charge in [0.25, 0.3) is 0 Å². The van der Waals surface area contributed by atoms with Crippen LogP contribution in [-0.2, 0) is 11.3 Å². The summed E-state index contributed by atoms with van der Waals surface area (Å²) < 4.78 is 17.0. The Kier molecular flexibility index (Phi) is 3.69. The van der Waals surface area contributed by atoms with Crippen molar-refractivity contribution in [3.63, 3.8) is 0 Å². The van der Waals surface area contributed by atoms with Crippen LogP contribution < -0.4 is 14.9 Å². The van der Waals surface area contributed by atoms with E-state index in [4.69, 9.17) is 14.2 Å². The average molecular weight is 315 g/mol. The van der Waals surface area contributed by atoms with Gasteiger partial charge in [0.1, 0.15) is 0 Å². The molecule has 2 heterocycles. The molecule has 0 atom stereocenters. The maximum Gasteiger partial charge on any atom is 0.231 e. The summed E-state index contributed by atoms with van der Waals surface area (Å²) in [5.41, 5.74) is 4.56. The Morgan fingerprint density at radius 3 is 2.89 bits per heavy atom. The van der Waals surface area contributed by atoms with E-state index in [0.29, 0.717) is 6.79 Å². The number of hydrogen-bond donors (Lipinski definition) is 1. The first kappa shape index (κ1) is 12.2. The molecule has 5 nitrogen and oxygen atoms in total. The Labute approximate surface area is 114 Å².